The zero-order valence-electron chi connectivity index (χ0n) is 30.7. The van der Waals surface area contributed by atoms with Gasteiger partial charge in [-0.05, 0) is 23.1 Å². The summed E-state index contributed by atoms with van der Waals surface area (Å²) in [6, 6.07) is 20.7. The zero-order chi connectivity index (χ0) is 36.8. The minimum Gasteiger partial charge on any atom is -0.394 e. The zero-order valence-corrected chi connectivity index (χ0v) is 30.7. The summed E-state index contributed by atoms with van der Waals surface area (Å²) in [4.78, 5) is 0. The molecule has 52 heavy (non-hydrogen) atoms. The van der Waals surface area contributed by atoms with Crippen molar-refractivity contribution >= 4 is 0 Å². The van der Waals surface area contributed by atoms with E-state index in [1.54, 1.807) is 0 Å². The van der Waals surface area contributed by atoms with Crippen molar-refractivity contribution < 1.29 is 57.6 Å². The molecule has 0 heterocycles. The van der Waals surface area contributed by atoms with Gasteiger partial charge in [0.2, 0.25) is 0 Å². The molecule has 0 amide bonds. The third kappa shape index (κ3) is 26.9. The predicted octanol–water partition coefficient (Wildman–Crippen LogP) is 2.92. The molecule has 0 atom stereocenters. The smallest absolute Gasteiger partial charge is 0.108 e. The van der Waals surface area contributed by atoms with Gasteiger partial charge in [0.25, 0.3) is 0 Å². The van der Waals surface area contributed by atoms with E-state index in [0.29, 0.717) is 132 Å². The number of benzene rings is 2. The van der Waals surface area contributed by atoms with Gasteiger partial charge in [-0.25, -0.2) is 0 Å². The van der Waals surface area contributed by atoms with Crippen LogP contribution in [-0.2, 0) is 60.2 Å². The Bertz CT molecular complexity index is 1150. The van der Waals surface area contributed by atoms with Crippen LogP contribution in [0.2, 0.25) is 0 Å². The van der Waals surface area contributed by atoms with E-state index in [4.69, 9.17) is 57.6 Å². The summed E-state index contributed by atoms with van der Waals surface area (Å²) in [6.07, 6.45) is 1.42. The first-order valence-corrected chi connectivity index (χ1v) is 18.1. The normalized spacial score (nSPS) is 11.7. The topological polar surface area (TPSA) is 133 Å². The predicted molar refractivity (Wildman–Crippen MR) is 197 cm³/mol. The fourth-order valence-corrected chi connectivity index (χ4v) is 4.49. The molecule has 0 unspecified atom stereocenters. The molecule has 2 N–H and O–H groups in total. The molecule has 0 aliphatic rings. The quantitative estimate of drug-likeness (QED) is 0.0798. The van der Waals surface area contributed by atoms with Crippen molar-refractivity contribution in [1.29, 1.82) is 0 Å². The lowest BCUT2D eigenvalue weighted by atomic mass is 9.96. The molecule has 0 aromatic heterocycles. The third-order valence-corrected chi connectivity index (χ3v) is 7.05. The van der Waals surface area contributed by atoms with E-state index in [9.17, 15) is 0 Å². The van der Waals surface area contributed by atoms with Gasteiger partial charge in [0.05, 0.1) is 139 Å². The van der Waals surface area contributed by atoms with E-state index < -0.39 is 0 Å². The molecule has 12 nitrogen and oxygen atoms in total. The second kappa shape index (κ2) is 35.3. The number of aliphatic hydroxyl groups is 2. The van der Waals surface area contributed by atoms with Crippen LogP contribution in [0.15, 0.2) is 71.8 Å². The van der Waals surface area contributed by atoms with Crippen molar-refractivity contribution in [3.8, 4) is 11.8 Å². The van der Waals surface area contributed by atoms with E-state index in [1.165, 1.54) is 11.1 Å². The lowest BCUT2D eigenvalue weighted by Crippen LogP contribution is -2.14. The first-order chi connectivity index (χ1) is 25.8. The van der Waals surface area contributed by atoms with Crippen LogP contribution in [0, 0.1) is 11.8 Å². The standard InChI is InChI=1S/C40H60O12/c41-13-16-44-19-22-47-25-28-49-27-24-46-21-18-43-15-7-12-39(34-37-8-3-1-4-9-37)40(35-38-10-5-2-6-11-38)36-52-33-32-51-31-30-50-29-26-48-23-20-45-17-14-42/h1-6,8-11,41-42H,13-36H2/b40-39-. The molecule has 2 aromatic carbocycles. The first-order valence-electron chi connectivity index (χ1n) is 18.1. The van der Waals surface area contributed by atoms with Crippen molar-refractivity contribution in [3.05, 3.63) is 82.9 Å². The highest BCUT2D eigenvalue weighted by molar-refractivity contribution is 5.40. The van der Waals surface area contributed by atoms with Gasteiger partial charge in [-0.1, -0.05) is 72.5 Å². The van der Waals surface area contributed by atoms with Crippen molar-refractivity contribution in [2.24, 2.45) is 0 Å². The summed E-state index contributed by atoms with van der Waals surface area (Å²) in [5.74, 6) is 6.61. The van der Waals surface area contributed by atoms with Crippen molar-refractivity contribution in [2.45, 2.75) is 12.8 Å². The molecule has 0 aliphatic heterocycles. The van der Waals surface area contributed by atoms with Crippen molar-refractivity contribution in [2.75, 3.05) is 145 Å². The van der Waals surface area contributed by atoms with Gasteiger partial charge in [0, 0.05) is 12.0 Å². The summed E-state index contributed by atoms with van der Waals surface area (Å²) in [5.41, 5.74) is 4.51. The number of allylic oxidation sites excluding steroid dienone is 1. The van der Waals surface area contributed by atoms with Crippen molar-refractivity contribution in [3.63, 3.8) is 0 Å². The number of hydrogen-bond donors (Lipinski definition) is 2. The van der Waals surface area contributed by atoms with Crippen LogP contribution in [0.4, 0.5) is 0 Å². The molecule has 12 heteroatoms. The monoisotopic (exact) mass is 732 g/mol. The fraction of sp³-hybridized carbons (Fsp3) is 0.600. The Balaban J connectivity index is 1.74. The molecule has 292 valence electrons. The van der Waals surface area contributed by atoms with Crippen LogP contribution in [-0.4, -0.2) is 156 Å². The highest BCUT2D eigenvalue weighted by atomic mass is 16.6. The van der Waals surface area contributed by atoms with Crippen LogP contribution >= 0.6 is 0 Å². The molecular weight excluding hydrogens is 672 g/mol. The lowest BCUT2D eigenvalue weighted by Gasteiger charge is -2.14. The average Bonchev–Trinajstić information content (AvgIpc) is 3.17. The Kier molecular flexibility index (Phi) is 30.8. The maximum absolute atomic E-state index is 8.68. The van der Waals surface area contributed by atoms with Gasteiger partial charge in [-0.3, -0.25) is 0 Å². The summed E-state index contributed by atoms with van der Waals surface area (Å²) >= 11 is 0. The second-order valence-electron chi connectivity index (χ2n) is 11.2. The van der Waals surface area contributed by atoms with Gasteiger partial charge in [-0.15, -0.1) is 0 Å². The Labute approximate surface area is 310 Å². The Morgan fingerprint density at radius 1 is 0.404 bits per heavy atom. The summed E-state index contributed by atoms with van der Waals surface area (Å²) in [5, 5.41) is 17.3. The fourth-order valence-electron chi connectivity index (χ4n) is 4.49. The molecule has 0 aliphatic carbocycles. The average molecular weight is 733 g/mol. The SMILES string of the molecule is OCCOCCOCCOCCOCCOCC#C/C(Cc1ccccc1)=C(/COCCOCCOCCOCCOCCO)Cc1ccccc1. The Morgan fingerprint density at radius 2 is 0.750 bits per heavy atom. The van der Waals surface area contributed by atoms with E-state index in [1.807, 2.05) is 36.4 Å². The van der Waals surface area contributed by atoms with Crippen LogP contribution in [0.1, 0.15) is 11.1 Å². The number of aliphatic hydroxyl groups excluding tert-OH is 2. The molecule has 0 saturated carbocycles. The minimum absolute atomic E-state index is 0.0145. The highest BCUT2D eigenvalue weighted by Crippen LogP contribution is 2.17. The Morgan fingerprint density at radius 3 is 1.15 bits per heavy atom. The maximum Gasteiger partial charge on any atom is 0.108 e. The highest BCUT2D eigenvalue weighted by Gasteiger charge is 2.09. The van der Waals surface area contributed by atoms with Crippen molar-refractivity contribution in [1.82, 2.24) is 0 Å². The Hall–Kier alpha value is -2.74. The molecule has 2 aromatic rings. The van der Waals surface area contributed by atoms with Crippen LogP contribution in [0.25, 0.3) is 0 Å². The van der Waals surface area contributed by atoms with Crippen LogP contribution in [0.5, 0.6) is 0 Å². The van der Waals surface area contributed by atoms with E-state index in [0.717, 1.165) is 17.6 Å². The van der Waals surface area contributed by atoms with E-state index in [2.05, 4.69) is 36.1 Å². The van der Waals surface area contributed by atoms with E-state index >= 15 is 0 Å². The summed E-state index contributed by atoms with van der Waals surface area (Å²) in [7, 11) is 0. The first kappa shape index (κ1) is 45.4. The van der Waals surface area contributed by atoms with Gasteiger partial charge in [0.1, 0.15) is 6.61 Å². The van der Waals surface area contributed by atoms with Gasteiger partial charge >= 0.3 is 0 Å². The molecule has 0 bridgehead atoms. The summed E-state index contributed by atoms with van der Waals surface area (Å²) in [6.45, 7) is 8.89. The number of rotatable bonds is 35. The van der Waals surface area contributed by atoms with Crippen LogP contribution in [0.3, 0.4) is 0 Å². The van der Waals surface area contributed by atoms with E-state index in [-0.39, 0.29) is 19.8 Å². The third-order valence-electron chi connectivity index (χ3n) is 7.05. The largest absolute Gasteiger partial charge is 0.394 e. The maximum atomic E-state index is 8.68. The van der Waals surface area contributed by atoms with Gasteiger partial charge < -0.3 is 57.6 Å². The molecule has 0 saturated heterocycles. The molecule has 0 spiro atoms. The molecule has 0 radical (unpaired) electrons. The lowest BCUT2D eigenvalue weighted by molar-refractivity contribution is -0.0122. The van der Waals surface area contributed by atoms with Gasteiger partial charge in [0.15, 0.2) is 0 Å². The minimum atomic E-state index is 0.0145. The summed E-state index contributed by atoms with van der Waals surface area (Å²) < 4.78 is 55.2. The molecule has 0 fully saturated rings. The number of hydrogen-bond acceptors (Lipinski definition) is 12. The molecular formula is C40H60O12. The van der Waals surface area contributed by atoms with Gasteiger partial charge in [-0.2, -0.15) is 0 Å². The second-order valence-corrected chi connectivity index (χ2v) is 11.2. The number of ether oxygens (including phenoxy) is 10. The molecule has 2 rings (SSSR count). The van der Waals surface area contributed by atoms with Crippen LogP contribution < -0.4 is 0 Å².